The number of ether oxygens (including phenoxy) is 1. The lowest BCUT2D eigenvalue weighted by Crippen LogP contribution is -2.21. The third-order valence-corrected chi connectivity index (χ3v) is 3.60. The van der Waals surface area contributed by atoms with E-state index in [1.165, 1.54) is 0 Å². The van der Waals surface area contributed by atoms with E-state index in [0.29, 0.717) is 17.3 Å². The zero-order valence-corrected chi connectivity index (χ0v) is 14.0. The van der Waals surface area contributed by atoms with E-state index in [1.54, 1.807) is 25.3 Å². The molecule has 0 radical (unpaired) electrons. The van der Waals surface area contributed by atoms with Crippen LogP contribution >= 0.6 is 0 Å². The summed E-state index contributed by atoms with van der Waals surface area (Å²) in [5, 5.41) is 7.59. The molecule has 0 spiro atoms. The topological polar surface area (TPSA) is 77.5 Å². The van der Waals surface area contributed by atoms with Crippen molar-refractivity contribution in [1.29, 1.82) is 0 Å². The zero-order chi connectivity index (χ0) is 17.1. The van der Waals surface area contributed by atoms with Crippen molar-refractivity contribution in [2.24, 2.45) is 5.92 Å². The molecule has 6 nitrogen and oxygen atoms in total. The third-order valence-electron chi connectivity index (χ3n) is 3.60. The monoisotopic (exact) mass is 328 g/mol. The molecule has 126 valence electrons. The first kappa shape index (κ1) is 16.1. The van der Waals surface area contributed by atoms with Crippen molar-refractivity contribution in [3.05, 3.63) is 47.5 Å². The van der Waals surface area contributed by atoms with Crippen molar-refractivity contribution >= 4 is 16.9 Å². The molecule has 0 saturated carbocycles. The molecule has 3 rings (SSSR count). The van der Waals surface area contributed by atoms with E-state index < -0.39 is 0 Å². The second-order valence-electron chi connectivity index (χ2n) is 6.08. The van der Waals surface area contributed by atoms with Crippen molar-refractivity contribution in [1.82, 2.24) is 10.5 Å². The SMILES string of the molecule is COc1ccc2oc(C(=O)NCc3cc(CC(C)C)no3)cc2c1. The minimum Gasteiger partial charge on any atom is -0.497 e. The van der Waals surface area contributed by atoms with E-state index in [9.17, 15) is 4.79 Å². The fourth-order valence-corrected chi connectivity index (χ4v) is 2.47. The second-order valence-corrected chi connectivity index (χ2v) is 6.08. The van der Waals surface area contributed by atoms with Gasteiger partial charge < -0.3 is 19.0 Å². The average molecular weight is 328 g/mol. The Morgan fingerprint density at radius 3 is 2.88 bits per heavy atom. The summed E-state index contributed by atoms with van der Waals surface area (Å²) in [6.45, 7) is 4.50. The molecular formula is C18H20N2O4. The van der Waals surface area contributed by atoms with Crippen LogP contribution in [0.15, 0.2) is 39.3 Å². The Bertz CT molecular complexity index is 848. The fourth-order valence-electron chi connectivity index (χ4n) is 2.47. The molecular weight excluding hydrogens is 308 g/mol. The van der Waals surface area contributed by atoms with Gasteiger partial charge in [-0.3, -0.25) is 4.79 Å². The maximum atomic E-state index is 12.2. The van der Waals surface area contributed by atoms with Crippen LogP contribution in [0.3, 0.4) is 0 Å². The van der Waals surface area contributed by atoms with Gasteiger partial charge in [0.25, 0.3) is 5.91 Å². The number of nitrogens with one attached hydrogen (secondary N) is 1. The van der Waals surface area contributed by atoms with Gasteiger partial charge in [0.05, 0.1) is 19.3 Å². The van der Waals surface area contributed by atoms with Gasteiger partial charge in [-0.15, -0.1) is 0 Å². The minimum absolute atomic E-state index is 0.250. The summed E-state index contributed by atoms with van der Waals surface area (Å²) in [5.74, 6) is 1.80. The molecule has 3 aromatic rings. The Morgan fingerprint density at radius 2 is 2.12 bits per heavy atom. The molecule has 0 unspecified atom stereocenters. The van der Waals surface area contributed by atoms with E-state index in [4.69, 9.17) is 13.7 Å². The van der Waals surface area contributed by atoms with E-state index in [-0.39, 0.29) is 18.2 Å². The van der Waals surface area contributed by atoms with Crippen molar-refractivity contribution in [2.45, 2.75) is 26.8 Å². The van der Waals surface area contributed by atoms with Gasteiger partial charge >= 0.3 is 0 Å². The van der Waals surface area contributed by atoms with E-state index in [1.807, 2.05) is 12.1 Å². The number of nitrogens with zero attached hydrogens (tertiary/aromatic N) is 1. The predicted molar refractivity (Wildman–Crippen MR) is 89.0 cm³/mol. The van der Waals surface area contributed by atoms with E-state index in [2.05, 4.69) is 24.3 Å². The van der Waals surface area contributed by atoms with Gasteiger partial charge in [0, 0.05) is 11.5 Å². The Labute approximate surface area is 139 Å². The molecule has 0 saturated heterocycles. The number of amides is 1. The summed E-state index contributed by atoms with van der Waals surface area (Å²) in [7, 11) is 1.60. The number of fused-ring (bicyclic) bond motifs is 1. The number of carbonyl (C=O) groups is 1. The lowest BCUT2D eigenvalue weighted by atomic mass is 10.1. The average Bonchev–Trinajstić information content (AvgIpc) is 3.17. The van der Waals surface area contributed by atoms with Crippen LogP contribution < -0.4 is 10.1 Å². The number of rotatable bonds is 6. The highest BCUT2D eigenvalue weighted by Crippen LogP contribution is 2.24. The minimum atomic E-state index is -0.299. The molecule has 1 N–H and O–H groups in total. The van der Waals surface area contributed by atoms with Gasteiger partial charge in [-0.25, -0.2) is 0 Å². The Morgan fingerprint density at radius 1 is 1.29 bits per heavy atom. The number of carbonyl (C=O) groups excluding carboxylic acids is 1. The molecule has 0 bridgehead atoms. The first-order valence-corrected chi connectivity index (χ1v) is 7.85. The summed E-state index contributed by atoms with van der Waals surface area (Å²) < 4.78 is 16.0. The quantitative estimate of drug-likeness (QED) is 0.748. The van der Waals surface area contributed by atoms with E-state index in [0.717, 1.165) is 23.3 Å². The van der Waals surface area contributed by atoms with Crippen molar-refractivity contribution in [3.63, 3.8) is 0 Å². The van der Waals surface area contributed by atoms with Gasteiger partial charge in [-0.05, 0) is 36.6 Å². The lowest BCUT2D eigenvalue weighted by Gasteiger charge is -1.99. The predicted octanol–water partition coefficient (Wildman–Crippen LogP) is 3.56. The maximum Gasteiger partial charge on any atom is 0.287 e. The van der Waals surface area contributed by atoms with Crippen LogP contribution in [0.1, 0.15) is 35.9 Å². The number of methoxy groups -OCH3 is 1. The first-order valence-electron chi connectivity index (χ1n) is 7.85. The lowest BCUT2D eigenvalue weighted by molar-refractivity contribution is 0.0921. The van der Waals surface area contributed by atoms with Crippen molar-refractivity contribution in [3.8, 4) is 5.75 Å². The van der Waals surface area contributed by atoms with Gasteiger partial charge in [0.2, 0.25) is 0 Å². The molecule has 1 amide bonds. The van der Waals surface area contributed by atoms with Crippen LogP contribution in [-0.4, -0.2) is 18.2 Å². The van der Waals surface area contributed by atoms with Gasteiger partial charge in [-0.1, -0.05) is 19.0 Å². The number of hydrogen-bond donors (Lipinski definition) is 1. The summed E-state index contributed by atoms with van der Waals surface area (Å²) in [6, 6.07) is 8.95. The highest BCUT2D eigenvalue weighted by Gasteiger charge is 2.14. The summed E-state index contributed by atoms with van der Waals surface area (Å²) in [6.07, 6.45) is 0.850. The summed E-state index contributed by atoms with van der Waals surface area (Å²) in [5.41, 5.74) is 1.53. The zero-order valence-electron chi connectivity index (χ0n) is 14.0. The van der Waals surface area contributed by atoms with Gasteiger partial charge in [-0.2, -0.15) is 0 Å². The molecule has 0 aliphatic carbocycles. The van der Waals surface area contributed by atoms with Crippen LogP contribution in [0.5, 0.6) is 5.75 Å². The molecule has 1 aromatic carbocycles. The summed E-state index contributed by atoms with van der Waals surface area (Å²) >= 11 is 0. The van der Waals surface area contributed by atoms with Gasteiger partial charge in [0.1, 0.15) is 11.3 Å². The fraction of sp³-hybridized carbons (Fsp3) is 0.333. The van der Waals surface area contributed by atoms with E-state index >= 15 is 0 Å². The Kier molecular flexibility index (Phi) is 4.55. The van der Waals surface area contributed by atoms with Gasteiger partial charge in [0.15, 0.2) is 11.5 Å². The first-order chi connectivity index (χ1) is 11.5. The molecule has 24 heavy (non-hydrogen) atoms. The smallest absolute Gasteiger partial charge is 0.287 e. The number of hydrogen-bond acceptors (Lipinski definition) is 5. The number of benzene rings is 1. The molecule has 2 aromatic heterocycles. The third kappa shape index (κ3) is 3.59. The highest BCUT2D eigenvalue weighted by atomic mass is 16.5. The second kappa shape index (κ2) is 6.78. The number of aromatic nitrogens is 1. The van der Waals surface area contributed by atoms with Crippen LogP contribution in [0.2, 0.25) is 0 Å². The summed E-state index contributed by atoms with van der Waals surface area (Å²) in [4.78, 5) is 12.2. The van der Waals surface area contributed by atoms with Crippen molar-refractivity contribution < 1.29 is 18.5 Å². The molecule has 6 heteroatoms. The molecule has 0 aliphatic heterocycles. The van der Waals surface area contributed by atoms with Crippen LogP contribution in [0.4, 0.5) is 0 Å². The number of furan rings is 1. The maximum absolute atomic E-state index is 12.2. The van der Waals surface area contributed by atoms with Crippen LogP contribution in [-0.2, 0) is 13.0 Å². The highest BCUT2D eigenvalue weighted by molar-refractivity contribution is 5.96. The normalized spacial score (nSPS) is 11.2. The molecule has 2 heterocycles. The van der Waals surface area contributed by atoms with Crippen molar-refractivity contribution in [2.75, 3.05) is 7.11 Å². The molecule has 0 aliphatic rings. The Hall–Kier alpha value is -2.76. The largest absolute Gasteiger partial charge is 0.497 e. The van der Waals surface area contributed by atoms with Crippen LogP contribution in [0, 0.1) is 5.92 Å². The Balaban J connectivity index is 1.65. The van der Waals surface area contributed by atoms with Crippen LogP contribution in [0.25, 0.3) is 11.0 Å². The molecule has 0 fully saturated rings. The standard InChI is InChI=1S/C18H20N2O4/c1-11(2)6-13-9-15(24-20-13)10-19-18(21)17-8-12-7-14(22-3)4-5-16(12)23-17/h4-5,7-9,11H,6,10H2,1-3H3,(H,19,21). The molecule has 0 atom stereocenters.